The molecule has 0 saturated heterocycles. The van der Waals surface area contributed by atoms with E-state index in [1.807, 2.05) is 23.6 Å². The Morgan fingerprint density at radius 1 is 1.38 bits per heavy atom. The molecule has 1 N–H and O–H groups in total. The highest BCUT2D eigenvalue weighted by molar-refractivity contribution is 7.99. The summed E-state index contributed by atoms with van der Waals surface area (Å²) in [5.74, 6) is 1.21. The Hall–Kier alpha value is -2.12. The molecule has 0 atom stereocenters. The van der Waals surface area contributed by atoms with Gasteiger partial charge in [0.1, 0.15) is 5.82 Å². The summed E-state index contributed by atoms with van der Waals surface area (Å²) in [6.07, 6.45) is 0. The van der Waals surface area contributed by atoms with Crippen LogP contribution in [0, 0.1) is 12.7 Å². The number of hydrogen-bond acceptors (Lipinski definition) is 5. The van der Waals surface area contributed by atoms with Gasteiger partial charge in [-0.3, -0.25) is 4.79 Å². The zero-order valence-corrected chi connectivity index (χ0v) is 14.5. The summed E-state index contributed by atoms with van der Waals surface area (Å²) in [6.45, 7) is 1.66. The number of hydrogen-bond donors (Lipinski definition) is 1. The molecule has 0 aliphatic carbocycles. The zero-order chi connectivity index (χ0) is 16.9. The first-order valence-electron chi connectivity index (χ1n) is 7.25. The lowest BCUT2D eigenvalue weighted by Gasteiger charge is -2.06. The molecule has 1 aromatic carbocycles. The summed E-state index contributed by atoms with van der Waals surface area (Å²) in [6, 6.07) is 10.3. The average molecular weight is 362 g/mol. The standard InChI is InChI=1S/C17H15FN2O2S2/c1-11-7-12(4-5-14(11)18)19-17(21)10-23-9-13-8-15(22-20-13)16-3-2-6-24-16/h2-8H,9-10H2,1H3,(H,19,21). The maximum atomic E-state index is 13.2. The number of thioether (sulfide) groups is 1. The predicted octanol–water partition coefficient (Wildman–Crippen LogP) is 4.72. The number of nitrogens with zero attached hydrogens (tertiary/aromatic N) is 1. The van der Waals surface area contributed by atoms with Gasteiger partial charge in [0.25, 0.3) is 0 Å². The summed E-state index contributed by atoms with van der Waals surface area (Å²) >= 11 is 3.04. The molecule has 0 bridgehead atoms. The quantitative estimate of drug-likeness (QED) is 0.689. The molecule has 0 unspecified atom stereocenters. The SMILES string of the molecule is Cc1cc(NC(=O)CSCc2cc(-c3cccs3)on2)ccc1F. The molecule has 124 valence electrons. The number of benzene rings is 1. The fraction of sp³-hybridized carbons (Fsp3) is 0.176. The molecule has 0 saturated carbocycles. The molecule has 0 aliphatic heterocycles. The molecule has 4 nitrogen and oxygen atoms in total. The van der Waals surface area contributed by atoms with Crippen LogP contribution in [0.3, 0.4) is 0 Å². The van der Waals surface area contributed by atoms with Crippen molar-refractivity contribution in [3.05, 3.63) is 58.9 Å². The molecular weight excluding hydrogens is 347 g/mol. The van der Waals surface area contributed by atoms with Crippen LogP contribution in [0.15, 0.2) is 46.3 Å². The molecule has 0 aliphatic rings. The summed E-state index contributed by atoms with van der Waals surface area (Å²) in [7, 11) is 0. The third-order valence-corrected chi connectivity index (χ3v) is 5.10. The number of amides is 1. The van der Waals surface area contributed by atoms with Gasteiger partial charge in [0, 0.05) is 17.5 Å². The Kier molecular flexibility index (Phi) is 5.32. The van der Waals surface area contributed by atoms with Crippen molar-refractivity contribution in [1.29, 1.82) is 0 Å². The fourth-order valence-corrected chi connectivity index (χ4v) is 3.46. The third-order valence-electron chi connectivity index (χ3n) is 3.25. The van der Waals surface area contributed by atoms with Crippen LogP contribution in [0.25, 0.3) is 10.6 Å². The molecule has 1 amide bonds. The lowest BCUT2D eigenvalue weighted by atomic mass is 10.2. The highest BCUT2D eigenvalue weighted by atomic mass is 32.2. The van der Waals surface area contributed by atoms with Crippen LogP contribution in [0.1, 0.15) is 11.3 Å². The molecular formula is C17H15FN2O2S2. The van der Waals surface area contributed by atoms with Crippen molar-refractivity contribution in [2.24, 2.45) is 0 Å². The monoisotopic (exact) mass is 362 g/mol. The highest BCUT2D eigenvalue weighted by Crippen LogP contribution is 2.26. The Balaban J connectivity index is 1.47. The third kappa shape index (κ3) is 4.24. The van der Waals surface area contributed by atoms with Crippen LogP contribution in [0.4, 0.5) is 10.1 Å². The van der Waals surface area contributed by atoms with Crippen molar-refractivity contribution in [2.45, 2.75) is 12.7 Å². The van der Waals surface area contributed by atoms with E-state index < -0.39 is 0 Å². The van der Waals surface area contributed by atoms with Gasteiger partial charge in [-0.05, 0) is 42.1 Å². The number of halogens is 1. The van der Waals surface area contributed by atoms with Crippen molar-refractivity contribution in [3.63, 3.8) is 0 Å². The minimum Gasteiger partial charge on any atom is -0.355 e. The Morgan fingerprint density at radius 2 is 2.25 bits per heavy atom. The van der Waals surface area contributed by atoms with Crippen LogP contribution in [-0.4, -0.2) is 16.8 Å². The lowest BCUT2D eigenvalue weighted by Crippen LogP contribution is -2.14. The van der Waals surface area contributed by atoms with E-state index in [9.17, 15) is 9.18 Å². The van der Waals surface area contributed by atoms with Gasteiger partial charge in [0.05, 0.1) is 16.3 Å². The first-order valence-corrected chi connectivity index (χ1v) is 9.28. The fourth-order valence-electron chi connectivity index (χ4n) is 2.08. The van der Waals surface area contributed by atoms with E-state index in [2.05, 4.69) is 10.5 Å². The van der Waals surface area contributed by atoms with Crippen molar-refractivity contribution in [3.8, 4) is 10.6 Å². The normalized spacial score (nSPS) is 10.8. The molecule has 7 heteroatoms. The number of anilines is 1. The average Bonchev–Trinajstić information content (AvgIpc) is 3.22. The topological polar surface area (TPSA) is 55.1 Å². The van der Waals surface area contributed by atoms with E-state index in [1.54, 1.807) is 30.4 Å². The Morgan fingerprint density at radius 3 is 3.00 bits per heavy atom. The number of rotatable bonds is 6. The first-order chi connectivity index (χ1) is 11.6. The summed E-state index contributed by atoms with van der Waals surface area (Å²) in [4.78, 5) is 13.0. The summed E-state index contributed by atoms with van der Waals surface area (Å²) in [5, 5.41) is 8.75. The van der Waals surface area contributed by atoms with Crippen molar-refractivity contribution in [1.82, 2.24) is 5.16 Å². The van der Waals surface area contributed by atoms with E-state index in [1.165, 1.54) is 17.8 Å². The van der Waals surface area contributed by atoms with Crippen LogP contribution >= 0.6 is 23.1 Å². The van der Waals surface area contributed by atoms with Crippen LogP contribution in [0.5, 0.6) is 0 Å². The number of nitrogens with one attached hydrogen (secondary N) is 1. The smallest absolute Gasteiger partial charge is 0.234 e. The van der Waals surface area contributed by atoms with Gasteiger partial charge < -0.3 is 9.84 Å². The number of thiophene rings is 1. The maximum absolute atomic E-state index is 13.2. The lowest BCUT2D eigenvalue weighted by molar-refractivity contribution is -0.113. The predicted molar refractivity (Wildman–Crippen MR) is 95.7 cm³/mol. The van der Waals surface area contributed by atoms with E-state index in [4.69, 9.17) is 4.52 Å². The van der Waals surface area contributed by atoms with Gasteiger partial charge in [0.2, 0.25) is 5.91 Å². The second kappa shape index (κ2) is 7.63. The van der Waals surface area contributed by atoms with Gasteiger partial charge in [-0.25, -0.2) is 4.39 Å². The molecule has 2 heterocycles. The second-order valence-corrected chi connectivity index (χ2v) is 7.10. The number of carbonyl (C=O) groups excluding carboxylic acids is 1. The zero-order valence-electron chi connectivity index (χ0n) is 12.9. The minimum atomic E-state index is -0.282. The second-order valence-electron chi connectivity index (χ2n) is 5.16. The molecule has 0 fully saturated rings. The van der Waals surface area contributed by atoms with Crippen molar-refractivity contribution < 1.29 is 13.7 Å². The molecule has 24 heavy (non-hydrogen) atoms. The Labute approximate surface area is 147 Å². The van der Waals surface area contributed by atoms with E-state index in [0.717, 1.165) is 16.3 Å². The summed E-state index contributed by atoms with van der Waals surface area (Å²) in [5.41, 5.74) is 1.90. The largest absolute Gasteiger partial charge is 0.355 e. The van der Waals surface area contributed by atoms with Gasteiger partial charge >= 0.3 is 0 Å². The van der Waals surface area contributed by atoms with Gasteiger partial charge in [-0.2, -0.15) is 0 Å². The van der Waals surface area contributed by atoms with E-state index >= 15 is 0 Å². The van der Waals surface area contributed by atoms with Crippen LogP contribution in [0.2, 0.25) is 0 Å². The van der Waals surface area contributed by atoms with Crippen LogP contribution < -0.4 is 5.32 Å². The van der Waals surface area contributed by atoms with E-state index in [0.29, 0.717) is 17.0 Å². The van der Waals surface area contributed by atoms with Crippen molar-refractivity contribution in [2.75, 3.05) is 11.1 Å². The van der Waals surface area contributed by atoms with Crippen molar-refractivity contribution >= 4 is 34.7 Å². The molecule has 0 spiro atoms. The number of carbonyl (C=O) groups is 1. The molecule has 3 aromatic rings. The van der Waals surface area contributed by atoms with E-state index in [-0.39, 0.29) is 17.5 Å². The Bertz CT molecular complexity index is 831. The van der Waals surface area contributed by atoms with Gasteiger partial charge in [0.15, 0.2) is 5.76 Å². The number of aryl methyl sites for hydroxylation is 1. The maximum Gasteiger partial charge on any atom is 0.234 e. The summed E-state index contributed by atoms with van der Waals surface area (Å²) < 4.78 is 18.5. The minimum absolute atomic E-state index is 0.131. The number of aromatic nitrogens is 1. The molecule has 0 radical (unpaired) electrons. The van der Waals surface area contributed by atoms with Crippen LogP contribution in [-0.2, 0) is 10.5 Å². The van der Waals surface area contributed by atoms with Gasteiger partial charge in [-0.15, -0.1) is 23.1 Å². The first kappa shape index (κ1) is 16.7. The molecule has 3 rings (SSSR count). The highest BCUT2D eigenvalue weighted by Gasteiger charge is 2.09. The molecule has 2 aromatic heterocycles. The van der Waals surface area contributed by atoms with Gasteiger partial charge in [-0.1, -0.05) is 11.2 Å².